The molecule has 1 amide bonds. The lowest BCUT2D eigenvalue weighted by Crippen LogP contribution is -2.68. The molecule has 1 N–H and O–H groups in total. The fourth-order valence-corrected chi connectivity index (χ4v) is 8.61. The van der Waals surface area contributed by atoms with Crippen molar-refractivity contribution in [2.45, 2.75) is 63.8 Å². The molecule has 46 heavy (non-hydrogen) atoms. The van der Waals surface area contributed by atoms with Crippen LogP contribution in [0.5, 0.6) is 0 Å². The first-order valence-electron chi connectivity index (χ1n) is 16.0. The fourth-order valence-electron chi connectivity index (χ4n) is 7.11. The highest BCUT2D eigenvalue weighted by Crippen LogP contribution is 2.41. The summed E-state index contributed by atoms with van der Waals surface area (Å²) < 4.78 is 32.4. The zero-order valence-corrected chi connectivity index (χ0v) is 28.1. The molecule has 246 valence electrons. The molecular weight excluding hydrogens is 604 g/mol. The van der Waals surface area contributed by atoms with E-state index in [4.69, 9.17) is 14.7 Å². The predicted molar refractivity (Wildman–Crippen MR) is 181 cm³/mol. The van der Waals surface area contributed by atoms with Crippen molar-refractivity contribution in [3.8, 4) is 0 Å². The molecule has 1 aromatic carbocycles. The molecule has 3 fully saturated rings. The Hall–Kier alpha value is -3.81. The Labute approximate surface area is 271 Å². The van der Waals surface area contributed by atoms with Crippen LogP contribution in [-0.4, -0.2) is 109 Å². The molecule has 2 atom stereocenters. The molecule has 0 spiro atoms. The van der Waals surface area contributed by atoms with Crippen molar-refractivity contribution in [2.24, 2.45) is 0 Å². The van der Waals surface area contributed by atoms with Crippen LogP contribution < -0.4 is 15.1 Å². The molecule has 0 saturated carbocycles. The normalized spacial score (nSPS) is 21.1. The summed E-state index contributed by atoms with van der Waals surface area (Å²) in [4.78, 5) is 32.5. The van der Waals surface area contributed by atoms with Crippen molar-refractivity contribution in [3.05, 3.63) is 54.9 Å². The van der Waals surface area contributed by atoms with Crippen molar-refractivity contribution >= 4 is 50.0 Å². The molecule has 3 aliphatic heterocycles. The number of aromatic nitrogens is 3. The molecule has 2 aromatic heterocycles. The number of pyridine rings is 1. The van der Waals surface area contributed by atoms with Gasteiger partial charge < -0.3 is 24.8 Å². The number of carbonyl (C=O) groups is 1. The number of nitrogens with zero attached hydrogens (tertiary/aromatic N) is 7. The molecule has 5 heterocycles. The van der Waals surface area contributed by atoms with E-state index in [9.17, 15) is 13.2 Å². The van der Waals surface area contributed by atoms with Gasteiger partial charge in [0, 0.05) is 81.3 Å². The lowest BCUT2D eigenvalue weighted by Gasteiger charge is -2.53. The number of ether oxygens (including phenoxy) is 1. The molecule has 12 nitrogen and oxygen atoms in total. The Bertz CT molecular complexity index is 1720. The van der Waals surface area contributed by atoms with Crippen LogP contribution in [0.15, 0.2) is 49.3 Å². The number of hydrogen-bond acceptors (Lipinski definition) is 10. The zero-order chi connectivity index (χ0) is 32.7. The van der Waals surface area contributed by atoms with Crippen molar-refractivity contribution in [1.29, 1.82) is 0 Å². The first-order valence-corrected chi connectivity index (χ1v) is 17.8. The third-order valence-corrected chi connectivity index (χ3v) is 11.1. The summed E-state index contributed by atoms with van der Waals surface area (Å²) in [5.74, 6) is 2.11. The van der Waals surface area contributed by atoms with Crippen molar-refractivity contribution < 1.29 is 17.9 Å². The van der Waals surface area contributed by atoms with Gasteiger partial charge in [0.15, 0.2) is 0 Å². The molecule has 13 heteroatoms. The number of sulfonamides is 1. The largest absolute Gasteiger partial charge is 0.381 e. The van der Waals surface area contributed by atoms with Crippen LogP contribution in [0.25, 0.3) is 10.8 Å². The summed E-state index contributed by atoms with van der Waals surface area (Å²) in [6.07, 6.45) is 8.44. The molecule has 0 aliphatic carbocycles. The standard InChI is InChI=1S/C33H44N8O4S/c1-7-32(42)39-18-23(19-39)25-8-9-28(40-20-29(22(40)4)41(21(2)3)46(6,43)44)27-17-35-31(16-26(25)27)36-30-10-13-34-33(37-30)38-14-11-24(45-5)12-15-38/h7-10,13,16-17,21-24,29H,1,11-12,14-15,18-20H2,2-6H3,(H,34,35,36,37)/t22-,29+/m1/s1. The highest BCUT2D eigenvalue weighted by Gasteiger charge is 2.44. The van der Waals surface area contributed by atoms with Gasteiger partial charge in [-0.2, -0.15) is 9.29 Å². The maximum atomic E-state index is 12.6. The number of carbonyl (C=O) groups excluding carboxylic acids is 1. The van der Waals surface area contributed by atoms with Gasteiger partial charge in [0.2, 0.25) is 21.9 Å². The minimum absolute atomic E-state index is 0.0122. The van der Waals surface area contributed by atoms with E-state index in [1.54, 1.807) is 22.5 Å². The SMILES string of the molecule is C=CC(=O)N1CC(c2ccc(N3C[C@H](N(C(C)C)S(C)(=O)=O)[C@H]3C)c3cnc(Nc4ccnc(N5CCC(OC)CC5)n4)cc23)C1. The summed E-state index contributed by atoms with van der Waals surface area (Å²) in [5.41, 5.74) is 2.16. The van der Waals surface area contributed by atoms with Gasteiger partial charge in [0.25, 0.3) is 0 Å². The Morgan fingerprint density at radius 1 is 1.11 bits per heavy atom. The van der Waals surface area contributed by atoms with Gasteiger partial charge in [-0.15, -0.1) is 0 Å². The average molecular weight is 649 g/mol. The average Bonchev–Trinajstić information content (AvgIpc) is 3.01. The minimum Gasteiger partial charge on any atom is -0.381 e. The Balaban J connectivity index is 1.29. The number of anilines is 4. The van der Waals surface area contributed by atoms with Gasteiger partial charge in [-0.3, -0.25) is 4.79 Å². The van der Waals surface area contributed by atoms with Crippen LogP contribution in [0.4, 0.5) is 23.3 Å². The Morgan fingerprint density at radius 2 is 1.85 bits per heavy atom. The maximum absolute atomic E-state index is 12.6. The minimum atomic E-state index is -3.36. The van der Waals surface area contributed by atoms with E-state index >= 15 is 0 Å². The van der Waals surface area contributed by atoms with Crippen LogP contribution in [-0.2, 0) is 19.6 Å². The molecule has 3 aliphatic rings. The number of rotatable bonds is 10. The second-order valence-corrected chi connectivity index (χ2v) is 14.8. The maximum Gasteiger partial charge on any atom is 0.245 e. The molecule has 0 bridgehead atoms. The predicted octanol–water partition coefficient (Wildman–Crippen LogP) is 3.74. The quantitative estimate of drug-likeness (QED) is 0.325. The summed E-state index contributed by atoms with van der Waals surface area (Å²) in [6, 6.07) is 7.89. The summed E-state index contributed by atoms with van der Waals surface area (Å²) in [5, 5.41) is 5.42. The molecule has 0 radical (unpaired) electrons. The van der Waals surface area contributed by atoms with E-state index in [-0.39, 0.29) is 36.1 Å². The van der Waals surface area contributed by atoms with Gasteiger partial charge in [0.05, 0.1) is 18.4 Å². The first kappa shape index (κ1) is 32.1. The lowest BCUT2D eigenvalue weighted by atomic mass is 9.86. The van der Waals surface area contributed by atoms with Crippen molar-refractivity contribution in [3.63, 3.8) is 0 Å². The third-order valence-electron chi connectivity index (χ3n) is 9.64. The highest BCUT2D eigenvalue weighted by molar-refractivity contribution is 7.88. The van der Waals surface area contributed by atoms with E-state index in [0.717, 1.165) is 48.0 Å². The second-order valence-electron chi connectivity index (χ2n) is 12.9. The number of methoxy groups -OCH3 is 1. The smallest absolute Gasteiger partial charge is 0.245 e. The van der Waals surface area contributed by atoms with Crippen LogP contribution in [0.1, 0.15) is 45.1 Å². The van der Waals surface area contributed by atoms with E-state index < -0.39 is 10.0 Å². The summed E-state index contributed by atoms with van der Waals surface area (Å²) in [7, 11) is -1.60. The number of benzene rings is 1. The number of hydrogen-bond donors (Lipinski definition) is 1. The van der Waals surface area contributed by atoms with Crippen LogP contribution in [0.2, 0.25) is 0 Å². The van der Waals surface area contributed by atoms with E-state index in [1.807, 2.05) is 26.1 Å². The van der Waals surface area contributed by atoms with Crippen LogP contribution in [0, 0.1) is 0 Å². The Kier molecular flexibility index (Phi) is 8.92. The monoisotopic (exact) mass is 648 g/mol. The first-order chi connectivity index (χ1) is 22.0. The lowest BCUT2D eigenvalue weighted by molar-refractivity contribution is -0.130. The topological polar surface area (TPSA) is 124 Å². The van der Waals surface area contributed by atoms with Crippen molar-refractivity contribution in [1.82, 2.24) is 24.2 Å². The number of likely N-dealkylation sites (tertiary alicyclic amines) is 1. The molecular formula is C33H44N8O4S. The Morgan fingerprint density at radius 3 is 2.48 bits per heavy atom. The number of fused-ring (bicyclic) bond motifs is 1. The van der Waals surface area contributed by atoms with E-state index in [1.165, 1.54) is 12.3 Å². The van der Waals surface area contributed by atoms with E-state index in [0.29, 0.717) is 37.2 Å². The van der Waals surface area contributed by atoms with Gasteiger partial charge >= 0.3 is 0 Å². The zero-order valence-electron chi connectivity index (χ0n) is 27.3. The van der Waals surface area contributed by atoms with Gasteiger partial charge in [-0.25, -0.2) is 18.4 Å². The molecule has 3 saturated heterocycles. The van der Waals surface area contributed by atoms with Gasteiger partial charge in [-0.05, 0) is 68.8 Å². The summed E-state index contributed by atoms with van der Waals surface area (Å²) in [6.45, 7) is 13.1. The second kappa shape index (κ2) is 12.8. The molecule has 0 unspecified atom stereocenters. The van der Waals surface area contributed by atoms with Gasteiger partial charge in [0.1, 0.15) is 11.6 Å². The third kappa shape index (κ3) is 6.15. The highest BCUT2D eigenvalue weighted by atomic mass is 32.2. The molecule has 6 rings (SSSR count). The van der Waals surface area contributed by atoms with Crippen molar-refractivity contribution in [2.75, 3.05) is 61.2 Å². The van der Waals surface area contributed by atoms with Crippen LogP contribution in [0.3, 0.4) is 0 Å². The number of nitrogens with one attached hydrogen (secondary N) is 1. The molecule has 3 aromatic rings. The number of piperidine rings is 1. The van der Waals surface area contributed by atoms with Crippen LogP contribution >= 0.6 is 0 Å². The van der Waals surface area contributed by atoms with E-state index in [2.05, 4.69) is 51.8 Å². The fraction of sp³-hybridized carbons (Fsp3) is 0.515. The summed E-state index contributed by atoms with van der Waals surface area (Å²) >= 11 is 0. The van der Waals surface area contributed by atoms with Gasteiger partial charge in [-0.1, -0.05) is 12.6 Å². The number of amides is 1.